The molecule has 0 radical (unpaired) electrons. The molecule has 32 heavy (non-hydrogen) atoms. The van der Waals surface area contributed by atoms with Crippen LogP contribution in [0.5, 0.6) is 0 Å². The van der Waals surface area contributed by atoms with Crippen LogP contribution in [0.4, 0.5) is 8.78 Å². The molecule has 0 aromatic heterocycles. The van der Waals surface area contributed by atoms with Crippen LogP contribution < -0.4 is 11.1 Å². The summed E-state index contributed by atoms with van der Waals surface area (Å²) in [6.45, 7) is 3.33. The van der Waals surface area contributed by atoms with Crippen molar-refractivity contribution in [2.45, 2.75) is 31.9 Å². The smallest absolute Gasteiger partial charge is 0.261 e. The molecule has 1 heterocycles. The van der Waals surface area contributed by atoms with Crippen LogP contribution in [0, 0.1) is 23.5 Å². The first kappa shape index (κ1) is 21.8. The molecule has 4 rings (SSSR count). The first-order valence-corrected chi connectivity index (χ1v) is 10.3. The Bertz CT molecular complexity index is 1110. The van der Waals surface area contributed by atoms with Gasteiger partial charge in [-0.05, 0) is 44.4 Å². The van der Waals surface area contributed by atoms with E-state index in [1.807, 2.05) is 18.2 Å². The molecule has 0 fully saturated rings. The predicted molar refractivity (Wildman–Crippen MR) is 115 cm³/mol. The molecule has 1 aromatic rings. The minimum absolute atomic E-state index is 0.00170. The van der Waals surface area contributed by atoms with E-state index in [0.29, 0.717) is 17.7 Å². The number of nitrogens with one attached hydrogen (secondary N) is 1. The van der Waals surface area contributed by atoms with Crippen LogP contribution in [0.2, 0.25) is 0 Å². The highest BCUT2D eigenvalue weighted by atomic mass is 19.1. The second-order valence-corrected chi connectivity index (χ2v) is 8.48. The number of carbonyl (C=O) groups excluding carboxylic acids is 2. The van der Waals surface area contributed by atoms with E-state index < -0.39 is 28.7 Å². The number of ketones is 1. The Morgan fingerprint density at radius 2 is 1.94 bits per heavy atom. The van der Waals surface area contributed by atoms with Crippen molar-refractivity contribution in [3.05, 3.63) is 83.1 Å². The van der Waals surface area contributed by atoms with E-state index in [-0.39, 0.29) is 29.4 Å². The average Bonchev–Trinajstić information content (AvgIpc) is 3.02. The quantitative estimate of drug-likeness (QED) is 0.753. The van der Waals surface area contributed by atoms with E-state index in [0.717, 1.165) is 12.1 Å². The Morgan fingerprint density at radius 3 is 2.53 bits per heavy atom. The number of benzene rings is 1. The molecular weight excluding hydrogens is 416 g/mol. The van der Waals surface area contributed by atoms with Gasteiger partial charge in [-0.1, -0.05) is 41.6 Å². The lowest BCUT2D eigenvalue weighted by molar-refractivity contribution is -0.128. The van der Waals surface area contributed by atoms with Gasteiger partial charge in [0.15, 0.2) is 11.3 Å². The molecule has 3 atom stereocenters. The van der Waals surface area contributed by atoms with Crippen LogP contribution in [-0.2, 0) is 9.63 Å². The molecule has 3 aliphatic rings. The molecule has 0 spiro atoms. The van der Waals surface area contributed by atoms with Gasteiger partial charge in [0.2, 0.25) is 5.78 Å². The molecule has 8 heteroatoms. The van der Waals surface area contributed by atoms with Crippen molar-refractivity contribution in [1.82, 2.24) is 5.32 Å². The fraction of sp³-hybridized carbons (Fsp3) is 0.292. The van der Waals surface area contributed by atoms with Crippen molar-refractivity contribution in [3.8, 4) is 0 Å². The molecule has 2 aliphatic carbocycles. The first-order valence-electron chi connectivity index (χ1n) is 10.3. The number of nitrogens with two attached hydrogens (primary N) is 1. The number of oxime groups is 1. The number of halogens is 2. The van der Waals surface area contributed by atoms with Crippen LogP contribution in [0.1, 0.15) is 30.6 Å². The maximum Gasteiger partial charge on any atom is 0.261 e. The maximum absolute atomic E-state index is 13.8. The van der Waals surface area contributed by atoms with Crippen molar-refractivity contribution >= 4 is 17.4 Å². The Balaban J connectivity index is 1.46. The minimum atomic E-state index is -0.989. The molecule has 1 amide bonds. The molecule has 6 nitrogen and oxygen atoms in total. The van der Waals surface area contributed by atoms with Crippen LogP contribution in [0.3, 0.4) is 0 Å². The number of hydrogen-bond donors (Lipinski definition) is 2. The minimum Gasteiger partial charge on any atom is -0.381 e. The number of nitrogens with zero attached hydrogens (tertiary/aromatic N) is 1. The Hall–Kier alpha value is -3.39. The average molecular weight is 439 g/mol. The fourth-order valence-corrected chi connectivity index (χ4v) is 3.92. The van der Waals surface area contributed by atoms with Gasteiger partial charge in [0, 0.05) is 23.2 Å². The van der Waals surface area contributed by atoms with Crippen molar-refractivity contribution < 1.29 is 23.2 Å². The molecule has 0 bridgehead atoms. The first-order chi connectivity index (χ1) is 15.2. The predicted octanol–water partition coefficient (Wildman–Crippen LogP) is 3.33. The topological polar surface area (TPSA) is 93.8 Å². The second-order valence-electron chi connectivity index (χ2n) is 8.48. The molecule has 0 saturated carbocycles. The summed E-state index contributed by atoms with van der Waals surface area (Å²) in [6, 6.07) is 3.00. The zero-order valence-corrected chi connectivity index (χ0v) is 17.6. The molecule has 3 unspecified atom stereocenters. The highest BCUT2D eigenvalue weighted by Gasteiger charge is 2.41. The largest absolute Gasteiger partial charge is 0.381 e. The number of Topliss-reactive ketones (excluding diaryl/α,β-unsaturated/α-hetero) is 1. The SMILES string of the molecule is CC1(C)ON=C(C2=CC(C3C=CC(NC(=O)c4c(F)cccc4F)=CC3)C(N)C=C2)C1=O. The molecule has 1 aliphatic heterocycles. The zero-order valence-electron chi connectivity index (χ0n) is 17.6. The molecule has 166 valence electrons. The number of hydrogen-bond acceptors (Lipinski definition) is 5. The van der Waals surface area contributed by atoms with Crippen LogP contribution in [0.25, 0.3) is 0 Å². The van der Waals surface area contributed by atoms with Gasteiger partial charge >= 0.3 is 0 Å². The summed E-state index contributed by atoms with van der Waals surface area (Å²) in [6.07, 6.45) is 11.4. The second kappa shape index (κ2) is 8.27. The van der Waals surface area contributed by atoms with Gasteiger partial charge in [-0.3, -0.25) is 9.59 Å². The number of allylic oxidation sites excluding steroid dienone is 5. The van der Waals surface area contributed by atoms with Gasteiger partial charge in [-0.25, -0.2) is 8.78 Å². The summed E-state index contributed by atoms with van der Waals surface area (Å²) in [5.41, 5.74) is 6.07. The van der Waals surface area contributed by atoms with Crippen molar-refractivity contribution in [2.75, 3.05) is 0 Å². The van der Waals surface area contributed by atoms with Crippen molar-refractivity contribution in [3.63, 3.8) is 0 Å². The highest BCUT2D eigenvalue weighted by molar-refractivity contribution is 6.50. The number of rotatable bonds is 4. The van der Waals surface area contributed by atoms with Gasteiger partial charge < -0.3 is 15.9 Å². The van der Waals surface area contributed by atoms with Gasteiger partial charge in [-0.15, -0.1) is 0 Å². The van der Waals surface area contributed by atoms with Crippen LogP contribution >= 0.6 is 0 Å². The van der Waals surface area contributed by atoms with E-state index in [9.17, 15) is 18.4 Å². The third-order valence-electron chi connectivity index (χ3n) is 5.79. The normalized spacial score (nSPS) is 26.2. The third-order valence-corrected chi connectivity index (χ3v) is 5.79. The monoisotopic (exact) mass is 439 g/mol. The van der Waals surface area contributed by atoms with Gasteiger partial charge in [0.05, 0.1) is 0 Å². The summed E-state index contributed by atoms with van der Waals surface area (Å²) in [7, 11) is 0. The molecular formula is C24H23F2N3O3. The van der Waals surface area contributed by atoms with Crippen LogP contribution in [-0.4, -0.2) is 29.0 Å². The standard InChI is InChI=1S/C24H23F2N3O3/c1-24(2)22(30)21(29-32-24)14-8-11-19(27)16(12-14)13-6-9-15(10-7-13)28-23(31)20-17(25)4-3-5-18(20)26/h3-6,8-13,16,19H,7,27H2,1-2H3,(H,28,31). The Kier molecular flexibility index (Phi) is 5.64. The summed E-state index contributed by atoms with van der Waals surface area (Å²) in [5, 5.41) is 6.49. The lowest BCUT2D eigenvalue weighted by Crippen LogP contribution is -2.37. The fourth-order valence-electron chi connectivity index (χ4n) is 3.92. The van der Waals surface area contributed by atoms with E-state index in [2.05, 4.69) is 10.5 Å². The molecule has 1 aromatic carbocycles. The molecule has 3 N–H and O–H groups in total. The Morgan fingerprint density at radius 1 is 1.22 bits per heavy atom. The van der Waals surface area contributed by atoms with Gasteiger partial charge in [-0.2, -0.15) is 0 Å². The number of carbonyl (C=O) groups is 2. The van der Waals surface area contributed by atoms with Gasteiger partial charge in [0.1, 0.15) is 17.2 Å². The third kappa shape index (κ3) is 4.05. The maximum atomic E-state index is 13.8. The lowest BCUT2D eigenvalue weighted by atomic mass is 9.77. The Labute approximate surface area is 184 Å². The highest BCUT2D eigenvalue weighted by Crippen LogP contribution is 2.32. The lowest BCUT2D eigenvalue weighted by Gasteiger charge is -2.30. The summed E-state index contributed by atoms with van der Waals surface area (Å²) >= 11 is 0. The van der Waals surface area contributed by atoms with E-state index in [1.54, 1.807) is 32.1 Å². The summed E-state index contributed by atoms with van der Waals surface area (Å²) in [4.78, 5) is 30.1. The van der Waals surface area contributed by atoms with Crippen molar-refractivity contribution in [1.29, 1.82) is 0 Å². The van der Waals surface area contributed by atoms with E-state index in [4.69, 9.17) is 10.6 Å². The number of amides is 1. The molecule has 0 saturated heterocycles. The van der Waals surface area contributed by atoms with Crippen molar-refractivity contribution in [2.24, 2.45) is 22.7 Å². The van der Waals surface area contributed by atoms with E-state index >= 15 is 0 Å². The zero-order chi connectivity index (χ0) is 23.0. The van der Waals surface area contributed by atoms with Gasteiger partial charge in [0.25, 0.3) is 5.91 Å². The van der Waals surface area contributed by atoms with E-state index in [1.165, 1.54) is 6.07 Å². The van der Waals surface area contributed by atoms with Crippen LogP contribution in [0.15, 0.2) is 71.1 Å². The summed E-state index contributed by atoms with van der Waals surface area (Å²) in [5.74, 6) is -2.99. The summed E-state index contributed by atoms with van der Waals surface area (Å²) < 4.78 is 27.7.